The minimum absolute atomic E-state index is 0.155. The molecule has 0 aliphatic carbocycles. The topological polar surface area (TPSA) is 15.3 Å². The molecule has 1 heterocycles. The number of benzene rings is 1. The van der Waals surface area contributed by atoms with Crippen molar-refractivity contribution in [3.05, 3.63) is 47.8 Å². The summed E-state index contributed by atoms with van der Waals surface area (Å²) in [5.41, 5.74) is -0.725. The third-order valence-corrected chi connectivity index (χ3v) is 2.78. The monoisotopic (exact) mass is 296 g/mol. The van der Waals surface area contributed by atoms with E-state index in [9.17, 15) is 26.3 Å². The van der Waals surface area contributed by atoms with E-state index in [1.165, 1.54) is 18.3 Å². The van der Waals surface area contributed by atoms with E-state index in [1.807, 2.05) is 0 Å². The Labute approximate surface area is 110 Å². The second-order valence-electron chi connectivity index (χ2n) is 4.30. The number of hydrogen-bond acceptors (Lipinski definition) is 2. The molecular weight excluding hydrogens is 286 g/mol. The molecular formula is C12H10F6N2. The summed E-state index contributed by atoms with van der Waals surface area (Å²) in [5.74, 6) is 0. The average Bonchev–Trinajstić information content (AvgIpc) is 2.76. The zero-order valence-corrected chi connectivity index (χ0v) is 9.96. The van der Waals surface area contributed by atoms with Crippen molar-refractivity contribution >= 4 is 0 Å². The predicted molar refractivity (Wildman–Crippen MR) is 59.1 cm³/mol. The molecule has 20 heavy (non-hydrogen) atoms. The summed E-state index contributed by atoms with van der Waals surface area (Å²) in [6.07, 6.45) is -8.66. The molecule has 0 radical (unpaired) electrons. The van der Waals surface area contributed by atoms with Crippen molar-refractivity contribution in [2.75, 3.05) is 0 Å². The number of hydrogen-bond donors (Lipinski definition) is 1. The molecule has 0 saturated carbocycles. The quantitative estimate of drug-likeness (QED) is 0.841. The predicted octanol–water partition coefficient (Wildman–Crippen LogP) is 3.47. The first-order valence-corrected chi connectivity index (χ1v) is 5.59. The molecule has 1 unspecified atom stereocenters. The minimum atomic E-state index is -4.52. The van der Waals surface area contributed by atoms with Crippen LogP contribution in [0.25, 0.3) is 0 Å². The van der Waals surface area contributed by atoms with Gasteiger partial charge in [-0.1, -0.05) is 12.1 Å². The molecule has 0 saturated heterocycles. The standard InChI is InChI=1S/C12H10F6N2/c13-11(14,15)9-3-1-2-8(6-9)7-20-5-4-19-10(20)12(16,17)18/h1-6,10,19H,7H2. The minimum Gasteiger partial charge on any atom is -0.363 e. The summed E-state index contributed by atoms with van der Waals surface area (Å²) in [6.45, 7) is -0.266. The largest absolute Gasteiger partial charge is 0.427 e. The molecule has 1 aromatic carbocycles. The Balaban J connectivity index is 2.16. The maximum absolute atomic E-state index is 12.7. The van der Waals surface area contributed by atoms with Crippen molar-refractivity contribution in [1.82, 2.24) is 10.2 Å². The van der Waals surface area contributed by atoms with Gasteiger partial charge in [0.1, 0.15) is 0 Å². The van der Waals surface area contributed by atoms with Gasteiger partial charge in [0.15, 0.2) is 6.17 Å². The van der Waals surface area contributed by atoms with Crippen molar-refractivity contribution < 1.29 is 26.3 Å². The van der Waals surface area contributed by atoms with E-state index in [1.54, 1.807) is 0 Å². The Morgan fingerprint density at radius 1 is 1.10 bits per heavy atom. The summed E-state index contributed by atoms with van der Waals surface area (Å²) in [6, 6.07) is 4.26. The lowest BCUT2D eigenvalue weighted by molar-refractivity contribution is -0.180. The number of nitrogens with one attached hydrogen (secondary N) is 1. The normalized spacial score (nSPS) is 19.3. The molecule has 1 atom stereocenters. The summed E-state index contributed by atoms with van der Waals surface area (Å²) in [5, 5.41) is 2.11. The van der Waals surface area contributed by atoms with Crippen LogP contribution in [0.3, 0.4) is 0 Å². The first kappa shape index (κ1) is 14.5. The van der Waals surface area contributed by atoms with Gasteiger partial charge in [-0.05, 0) is 17.7 Å². The lowest BCUT2D eigenvalue weighted by Crippen LogP contribution is -2.46. The lowest BCUT2D eigenvalue weighted by Gasteiger charge is -2.27. The Hall–Kier alpha value is -1.86. The van der Waals surface area contributed by atoms with Gasteiger partial charge in [0.25, 0.3) is 0 Å². The van der Waals surface area contributed by atoms with Gasteiger partial charge in [-0.15, -0.1) is 0 Å². The fourth-order valence-electron chi connectivity index (χ4n) is 1.90. The fourth-order valence-corrected chi connectivity index (χ4v) is 1.90. The van der Waals surface area contributed by atoms with Crippen molar-refractivity contribution in [1.29, 1.82) is 0 Å². The Kier molecular flexibility index (Phi) is 3.58. The molecule has 2 rings (SSSR count). The highest BCUT2D eigenvalue weighted by atomic mass is 19.4. The van der Waals surface area contributed by atoms with Crippen LogP contribution in [0.1, 0.15) is 11.1 Å². The maximum Gasteiger partial charge on any atom is 0.427 e. The molecule has 0 fully saturated rings. The Morgan fingerprint density at radius 3 is 2.40 bits per heavy atom. The van der Waals surface area contributed by atoms with Crippen molar-refractivity contribution in [2.45, 2.75) is 25.1 Å². The van der Waals surface area contributed by atoms with Gasteiger partial charge >= 0.3 is 12.4 Å². The zero-order chi connectivity index (χ0) is 15.0. The van der Waals surface area contributed by atoms with E-state index in [0.29, 0.717) is 0 Å². The smallest absolute Gasteiger partial charge is 0.363 e. The van der Waals surface area contributed by atoms with Crippen LogP contribution in [0.4, 0.5) is 26.3 Å². The molecule has 0 bridgehead atoms. The lowest BCUT2D eigenvalue weighted by atomic mass is 10.1. The van der Waals surface area contributed by atoms with Gasteiger partial charge in [-0.2, -0.15) is 26.3 Å². The van der Waals surface area contributed by atoms with Crippen LogP contribution in [0, 0.1) is 0 Å². The summed E-state index contributed by atoms with van der Waals surface area (Å²) < 4.78 is 75.6. The van der Waals surface area contributed by atoms with Crippen LogP contribution >= 0.6 is 0 Å². The SMILES string of the molecule is FC(F)(F)c1cccc(CN2C=CNC2C(F)(F)F)c1. The second kappa shape index (κ2) is 4.92. The summed E-state index contributed by atoms with van der Waals surface area (Å²) in [4.78, 5) is 0.898. The third-order valence-electron chi connectivity index (χ3n) is 2.78. The van der Waals surface area contributed by atoms with Crippen LogP contribution in [0.15, 0.2) is 36.7 Å². The van der Waals surface area contributed by atoms with Crippen LogP contribution in [-0.4, -0.2) is 17.2 Å². The van der Waals surface area contributed by atoms with Crippen molar-refractivity contribution in [3.63, 3.8) is 0 Å². The van der Waals surface area contributed by atoms with Crippen molar-refractivity contribution in [2.24, 2.45) is 0 Å². The van der Waals surface area contributed by atoms with E-state index < -0.39 is 24.1 Å². The van der Waals surface area contributed by atoms with Crippen molar-refractivity contribution in [3.8, 4) is 0 Å². The highest BCUT2D eigenvalue weighted by Crippen LogP contribution is 2.31. The van der Waals surface area contributed by atoms with E-state index in [0.717, 1.165) is 23.2 Å². The molecule has 0 amide bonds. The molecule has 2 nitrogen and oxygen atoms in total. The molecule has 110 valence electrons. The molecule has 8 heteroatoms. The van der Waals surface area contributed by atoms with Crippen LogP contribution in [-0.2, 0) is 12.7 Å². The van der Waals surface area contributed by atoms with Gasteiger partial charge in [-0.3, -0.25) is 0 Å². The Bertz CT molecular complexity index is 505. The third kappa shape index (κ3) is 3.17. The van der Waals surface area contributed by atoms with Gasteiger partial charge in [0.2, 0.25) is 0 Å². The molecule has 0 spiro atoms. The highest BCUT2D eigenvalue weighted by Gasteiger charge is 2.44. The van der Waals surface area contributed by atoms with E-state index in [4.69, 9.17) is 0 Å². The number of alkyl halides is 6. The summed E-state index contributed by atoms with van der Waals surface area (Å²) >= 11 is 0. The number of nitrogens with zero attached hydrogens (tertiary/aromatic N) is 1. The molecule has 1 N–H and O–H groups in total. The fraction of sp³-hybridized carbons (Fsp3) is 0.333. The average molecular weight is 296 g/mol. The number of halogens is 6. The molecule has 1 aromatic rings. The second-order valence-corrected chi connectivity index (χ2v) is 4.30. The molecule has 0 aromatic heterocycles. The van der Waals surface area contributed by atoms with Gasteiger partial charge in [0, 0.05) is 18.9 Å². The van der Waals surface area contributed by atoms with Crippen LogP contribution in [0.5, 0.6) is 0 Å². The molecule has 1 aliphatic rings. The van der Waals surface area contributed by atoms with Gasteiger partial charge in [0.05, 0.1) is 5.56 Å². The molecule has 1 aliphatic heterocycles. The summed E-state index contributed by atoms with van der Waals surface area (Å²) in [7, 11) is 0. The van der Waals surface area contributed by atoms with Crippen LogP contribution in [0.2, 0.25) is 0 Å². The first-order chi connectivity index (χ1) is 9.18. The zero-order valence-electron chi connectivity index (χ0n) is 9.96. The maximum atomic E-state index is 12.7. The van der Waals surface area contributed by atoms with E-state index in [2.05, 4.69) is 5.32 Å². The van der Waals surface area contributed by atoms with E-state index >= 15 is 0 Å². The Morgan fingerprint density at radius 2 is 1.80 bits per heavy atom. The van der Waals surface area contributed by atoms with Gasteiger partial charge in [-0.25, -0.2) is 0 Å². The van der Waals surface area contributed by atoms with Crippen LogP contribution < -0.4 is 5.32 Å². The highest BCUT2D eigenvalue weighted by molar-refractivity contribution is 5.26. The first-order valence-electron chi connectivity index (χ1n) is 5.59. The van der Waals surface area contributed by atoms with Gasteiger partial charge < -0.3 is 10.2 Å². The number of rotatable bonds is 2. The van der Waals surface area contributed by atoms with E-state index in [-0.39, 0.29) is 12.1 Å².